The Kier molecular flexibility index (Phi) is 57.1. The van der Waals surface area contributed by atoms with Crippen molar-refractivity contribution in [3.05, 3.63) is 0 Å². The number of aliphatic hydroxyl groups excluding tert-OH is 1. The summed E-state index contributed by atoms with van der Waals surface area (Å²) < 4.78 is 68.1. The van der Waals surface area contributed by atoms with Crippen LogP contribution in [0, 0.1) is 11.8 Å². The summed E-state index contributed by atoms with van der Waals surface area (Å²) in [6, 6.07) is 0. The van der Waals surface area contributed by atoms with Crippen molar-refractivity contribution in [3.63, 3.8) is 0 Å². The molecule has 0 heterocycles. The van der Waals surface area contributed by atoms with E-state index < -0.39 is 97.5 Å². The summed E-state index contributed by atoms with van der Waals surface area (Å²) >= 11 is 0. The Morgan fingerprint density at radius 1 is 0.341 bits per heavy atom. The molecule has 0 aromatic carbocycles. The Labute approximate surface area is 517 Å². The first kappa shape index (κ1) is 83.1. The molecule has 0 aliphatic heterocycles. The lowest BCUT2D eigenvalue weighted by molar-refractivity contribution is -0.161. The Morgan fingerprint density at radius 2 is 0.600 bits per heavy atom. The highest BCUT2D eigenvalue weighted by atomic mass is 31.2. The van der Waals surface area contributed by atoms with E-state index in [4.69, 9.17) is 37.0 Å². The number of unbranched alkanes of at least 4 members (excludes halogenated alkanes) is 34. The van der Waals surface area contributed by atoms with Gasteiger partial charge in [-0.05, 0) is 37.5 Å². The maximum Gasteiger partial charge on any atom is 0.472 e. The van der Waals surface area contributed by atoms with E-state index in [9.17, 15) is 43.2 Å². The lowest BCUT2D eigenvalue weighted by atomic mass is 9.99. The van der Waals surface area contributed by atoms with Crippen LogP contribution < -0.4 is 0 Å². The van der Waals surface area contributed by atoms with Crippen LogP contribution in [-0.2, 0) is 65.4 Å². The molecule has 504 valence electrons. The Hall–Kier alpha value is -1.94. The zero-order valence-corrected chi connectivity index (χ0v) is 56.7. The van der Waals surface area contributed by atoms with Crippen LogP contribution >= 0.6 is 15.6 Å². The largest absolute Gasteiger partial charge is 0.472 e. The third kappa shape index (κ3) is 59.5. The van der Waals surface area contributed by atoms with Crippen LogP contribution in [0.25, 0.3) is 0 Å². The van der Waals surface area contributed by atoms with Gasteiger partial charge in [-0.15, -0.1) is 0 Å². The first-order valence-electron chi connectivity index (χ1n) is 34.5. The smallest absolute Gasteiger partial charge is 0.462 e. The lowest BCUT2D eigenvalue weighted by Gasteiger charge is -2.21. The minimum atomic E-state index is -4.95. The topological polar surface area (TPSA) is 237 Å². The molecule has 0 rings (SSSR count). The normalized spacial score (nSPS) is 14.6. The molecule has 3 unspecified atom stereocenters. The number of esters is 4. The fraction of sp³-hybridized carbons (Fsp3) is 0.939. The highest BCUT2D eigenvalue weighted by Crippen LogP contribution is 2.45. The van der Waals surface area contributed by atoms with Crippen molar-refractivity contribution in [2.24, 2.45) is 11.8 Å². The maximum absolute atomic E-state index is 13.0. The van der Waals surface area contributed by atoms with Crippen LogP contribution in [0.2, 0.25) is 0 Å². The Balaban J connectivity index is 5.25. The van der Waals surface area contributed by atoms with Gasteiger partial charge in [0.05, 0.1) is 26.4 Å². The van der Waals surface area contributed by atoms with E-state index in [-0.39, 0.29) is 25.7 Å². The zero-order valence-electron chi connectivity index (χ0n) is 54.9. The van der Waals surface area contributed by atoms with Gasteiger partial charge in [-0.1, -0.05) is 279 Å². The summed E-state index contributed by atoms with van der Waals surface area (Å²) in [5.41, 5.74) is 0. The number of aliphatic hydroxyl groups is 1. The van der Waals surface area contributed by atoms with Gasteiger partial charge in [0.2, 0.25) is 0 Å². The summed E-state index contributed by atoms with van der Waals surface area (Å²) in [4.78, 5) is 72.3. The second kappa shape index (κ2) is 58.4. The minimum absolute atomic E-state index is 0.106. The number of phosphoric ester groups is 2. The lowest BCUT2D eigenvalue weighted by Crippen LogP contribution is -2.30. The Bertz CT molecular complexity index is 1670. The molecule has 0 aliphatic rings. The second-order valence-electron chi connectivity index (χ2n) is 24.6. The third-order valence-electron chi connectivity index (χ3n) is 15.6. The molecule has 0 radical (unpaired) electrons. The van der Waals surface area contributed by atoms with Crippen molar-refractivity contribution >= 4 is 39.5 Å². The number of ether oxygens (including phenoxy) is 4. The van der Waals surface area contributed by atoms with E-state index in [1.54, 1.807) is 0 Å². The fourth-order valence-electron chi connectivity index (χ4n) is 9.85. The summed E-state index contributed by atoms with van der Waals surface area (Å²) in [5, 5.41) is 10.5. The van der Waals surface area contributed by atoms with E-state index in [1.165, 1.54) is 148 Å². The molecular formula is C66H128O17P2. The summed E-state index contributed by atoms with van der Waals surface area (Å²) in [6.45, 7) is 9.49. The second-order valence-corrected chi connectivity index (χ2v) is 27.5. The maximum atomic E-state index is 13.0. The van der Waals surface area contributed by atoms with Gasteiger partial charge in [-0.25, -0.2) is 9.13 Å². The summed E-state index contributed by atoms with van der Waals surface area (Å²) in [5.74, 6) is -0.602. The van der Waals surface area contributed by atoms with Gasteiger partial charge >= 0.3 is 39.5 Å². The number of rotatable bonds is 65. The third-order valence-corrected chi connectivity index (χ3v) is 17.5. The van der Waals surface area contributed by atoms with Gasteiger partial charge in [-0.3, -0.25) is 37.3 Å². The van der Waals surface area contributed by atoms with Crippen molar-refractivity contribution in [1.29, 1.82) is 0 Å². The van der Waals surface area contributed by atoms with E-state index in [2.05, 4.69) is 41.5 Å². The van der Waals surface area contributed by atoms with Gasteiger partial charge in [0.15, 0.2) is 12.2 Å². The molecule has 19 heteroatoms. The molecular weight excluding hydrogens is 1130 g/mol. The molecule has 0 amide bonds. The van der Waals surface area contributed by atoms with Crippen LogP contribution in [0.3, 0.4) is 0 Å². The highest BCUT2D eigenvalue weighted by molar-refractivity contribution is 7.47. The number of phosphoric acid groups is 2. The molecule has 0 saturated carbocycles. The van der Waals surface area contributed by atoms with Crippen molar-refractivity contribution in [3.8, 4) is 0 Å². The summed E-state index contributed by atoms with van der Waals surface area (Å²) in [6.07, 6.45) is 41.5. The first-order valence-corrected chi connectivity index (χ1v) is 37.5. The molecule has 85 heavy (non-hydrogen) atoms. The van der Waals surface area contributed by atoms with Crippen molar-refractivity contribution < 1.29 is 80.2 Å². The Morgan fingerprint density at radius 3 is 0.894 bits per heavy atom. The predicted octanol–water partition coefficient (Wildman–Crippen LogP) is 18.4. The highest BCUT2D eigenvalue weighted by Gasteiger charge is 2.30. The average Bonchev–Trinajstić information content (AvgIpc) is 3.47. The average molecular weight is 1260 g/mol. The molecule has 0 aliphatic carbocycles. The molecule has 3 N–H and O–H groups in total. The zero-order chi connectivity index (χ0) is 62.9. The van der Waals surface area contributed by atoms with Crippen LogP contribution in [0.1, 0.15) is 330 Å². The summed E-state index contributed by atoms with van der Waals surface area (Å²) in [7, 11) is -9.89. The number of carbonyl (C=O) groups excluding carboxylic acids is 4. The van der Waals surface area contributed by atoms with E-state index in [0.717, 1.165) is 102 Å². The van der Waals surface area contributed by atoms with Gasteiger partial charge in [0.1, 0.15) is 19.3 Å². The monoisotopic (exact) mass is 1250 g/mol. The first-order chi connectivity index (χ1) is 40.9. The molecule has 6 atom stereocenters. The van der Waals surface area contributed by atoms with Crippen LogP contribution in [0.5, 0.6) is 0 Å². The number of hydrogen-bond acceptors (Lipinski definition) is 15. The quantitative estimate of drug-likeness (QED) is 0.0222. The fourth-order valence-corrected chi connectivity index (χ4v) is 11.4. The van der Waals surface area contributed by atoms with E-state index in [0.29, 0.717) is 25.7 Å². The molecule has 0 saturated heterocycles. The molecule has 0 aromatic heterocycles. The minimum Gasteiger partial charge on any atom is -0.462 e. The van der Waals surface area contributed by atoms with Gasteiger partial charge < -0.3 is 33.8 Å². The number of carbonyl (C=O) groups is 4. The van der Waals surface area contributed by atoms with Crippen molar-refractivity contribution in [1.82, 2.24) is 0 Å². The van der Waals surface area contributed by atoms with Gasteiger partial charge in [-0.2, -0.15) is 0 Å². The standard InChI is InChI=1S/C66H128O17P2/c1-7-10-12-14-16-18-19-24-32-38-44-50-65(70)82-61(54-76-63(68)48-42-36-30-22-17-15-13-11-8-2)56-80-84(72,73)78-52-60(67)53-79-85(74,75)81-57-62(55-77-64(69)49-43-37-31-27-26-28-34-40-46-58(4)5)83-66(71)51-45-39-33-25-21-20-23-29-35-41-47-59(6)9-3/h58-62,67H,7-57H2,1-6H3,(H,72,73)(H,74,75)/t59?,60-,61+,62+/m0/s1. The van der Waals surface area contributed by atoms with Crippen molar-refractivity contribution in [2.45, 2.75) is 349 Å². The number of hydrogen-bond donors (Lipinski definition) is 3. The van der Waals surface area contributed by atoms with Crippen LogP contribution in [-0.4, -0.2) is 96.7 Å². The molecule has 0 spiro atoms. The van der Waals surface area contributed by atoms with E-state index in [1.807, 2.05) is 0 Å². The van der Waals surface area contributed by atoms with Gasteiger partial charge in [0.25, 0.3) is 0 Å². The predicted molar refractivity (Wildman–Crippen MR) is 340 cm³/mol. The molecule has 0 fully saturated rings. The molecule has 0 aromatic rings. The van der Waals surface area contributed by atoms with E-state index >= 15 is 0 Å². The van der Waals surface area contributed by atoms with Crippen molar-refractivity contribution in [2.75, 3.05) is 39.6 Å². The molecule has 0 bridgehead atoms. The van der Waals surface area contributed by atoms with Crippen LogP contribution in [0.15, 0.2) is 0 Å². The molecule has 17 nitrogen and oxygen atoms in total. The van der Waals surface area contributed by atoms with Gasteiger partial charge in [0, 0.05) is 25.7 Å². The SMILES string of the molecule is CCCCCCCCCCCCCC(=O)O[C@H](COC(=O)CCCCCCCCCCC)COP(=O)(O)OC[C@H](O)COP(=O)(O)OC[C@@H](COC(=O)CCCCCCCCCCC(C)C)OC(=O)CCCCCCCCCCCCC(C)CC. The van der Waals surface area contributed by atoms with Crippen LogP contribution in [0.4, 0.5) is 0 Å².